The number of hydrogen-bond donors (Lipinski definition) is 1. The van der Waals surface area contributed by atoms with Gasteiger partial charge in [0.05, 0.1) is 5.69 Å². The smallest absolute Gasteiger partial charge is 0.326 e. The SMILES string of the molecule is O=C(O)[C@@H]1CCCCN1C(=O)Cn1cc(C2CC2)nn1. The van der Waals surface area contributed by atoms with Crippen molar-refractivity contribution in [1.82, 2.24) is 19.9 Å². The molecule has 1 aliphatic heterocycles. The van der Waals surface area contributed by atoms with E-state index in [1.54, 1.807) is 6.20 Å². The third kappa shape index (κ3) is 2.66. The highest BCUT2D eigenvalue weighted by molar-refractivity contribution is 5.83. The molecule has 7 heteroatoms. The molecule has 20 heavy (non-hydrogen) atoms. The molecule has 108 valence electrons. The van der Waals surface area contributed by atoms with Crippen LogP contribution in [0.2, 0.25) is 0 Å². The van der Waals surface area contributed by atoms with Crippen LogP contribution in [0.15, 0.2) is 6.20 Å². The van der Waals surface area contributed by atoms with Gasteiger partial charge >= 0.3 is 5.97 Å². The fourth-order valence-electron chi connectivity index (χ4n) is 2.67. The van der Waals surface area contributed by atoms with E-state index in [-0.39, 0.29) is 12.5 Å². The Labute approximate surface area is 116 Å². The summed E-state index contributed by atoms with van der Waals surface area (Å²) in [5.74, 6) is -0.611. The summed E-state index contributed by atoms with van der Waals surface area (Å²) in [4.78, 5) is 24.9. The van der Waals surface area contributed by atoms with Gasteiger partial charge in [0.15, 0.2) is 0 Å². The van der Waals surface area contributed by atoms with Crippen LogP contribution in [0.25, 0.3) is 0 Å². The molecule has 2 heterocycles. The van der Waals surface area contributed by atoms with Gasteiger partial charge in [0.1, 0.15) is 12.6 Å². The minimum atomic E-state index is -0.921. The third-order valence-corrected chi connectivity index (χ3v) is 3.96. The zero-order chi connectivity index (χ0) is 14.1. The Morgan fingerprint density at radius 3 is 2.80 bits per heavy atom. The molecule has 1 N–H and O–H groups in total. The molecule has 1 aromatic heterocycles. The molecule has 2 aliphatic rings. The fourth-order valence-corrected chi connectivity index (χ4v) is 2.67. The Bertz CT molecular complexity index is 523. The molecule has 1 atom stereocenters. The molecule has 0 bridgehead atoms. The number of rotatable bonds is 4. The van der Waals surface area contributed by atoms with Crippen LogP contribution in [0.3, 0.4) is 0 Å². The van der Waals surface area contributed by atoms with Crippen LogP contribution in [-0.4, -0.2) is 49.5 Å². The molecule has 2 fully saturated rings. The molecule has 0 spiro atoms. The lowest BCUT2D eigenvalue weighted by Crippen LogP contribution is -2.49. The number of aromatic nitrogens is 3. The minimum absolute atomic E-state index is 0.0729. The molecular formula is C13H18N4O3. The first-order chi connectivity index (χ1) is 9.65. The summed E-state index contributed by atoms with van der Waals surface area (Å²) in [6, 6.07) is -0.692. The quantitative estimate of drug-likeness (QED) is 0.872. The lowest BCUT2D eigenvalue weighted by Gasteiger charge is -2.32. The number of aliphatic carboxylic acids is 1. The monoisotopic (exact) mass is 278 g/mol. The predicted octanol–water partition coefficient (Wildman–Crippen LogP) is 0.621. The van der Waals surface area contributed by atoms with Gasteiger partial charge in [0, 0.05) is 18.7 Å². The van der Waals surface area contributed by atoms with Crippen molar-refractivity contribution < 1.29 is 14.7 Å². The van der Waals surface area contributed by atoms with E-state index in [0.717, 1.165) is 31.4 Å². The molecule has 1 saturated heterocycles. The normalized spacial score (nSPS) is 22.8. The maximum absolute atomic E-state index is 12.3. The summed E-state index contributed by atoms with van der Waals surface area (Å²) in [5, 5.41) is 17.2. The second kappa shape index (κ2) is 5.22. The molecule has 1 aromatic rings. The van der Waals surface area contributed by atoms with E-state index in [1.807, 2.05) is 0 Å². The Hall–Kier alpha value is -1.92. The third-order valence-electron chi connectivity index (χ3n) is 3.96. The zero-order valence-corrected chi connectivity index (χ0v) is 11.2. The van der Waals surface area contributed by atoms with Crippen molar-refractivity contribution in [3.05, 3.63) is 11.9 Å². The molecule has 1 amide bonds. The van der Waals surface area contributed by atoms with Crippen LogP contribution in [0.5, 0.6) is 0 Å². The Morgan fingerprint density at radius 1 is 1.30 bits per heavy atom. The molecule has 7 nitrogen and oxygen atoms in total. The number of likely N-dealkylation sites (tertiary alicyclic amines) is 1. The van der Waals surface area contributed by atoms with E-state index in [9.17, 15) is 14.7 Å². The summed E-state index contributed by atoms with van der Waals surface area (Å²) >= 11 is 0. The van der Waals surface area contributed by atoms with Crippen LogP contribution in [-0.2, 0) is 16.1 Å². The van der Waals surface area contributed by atoms with E-state index < -0.39 is 12.0 Å². The minimum Gasteiger partial charge on any atom is -0.480 e. The van der Waals surface area contributed by atoms with Gasteiger partial charge in [-0.3, -0.25) is 4.79 Å². The summed E-state index contributed by atoms with van der Waals surface area (Å²) in [6.07, 6.45) is 6.33. The number of carbonyl (C=O) groups excluding carboxylic acids is 1. The first-order valence-corrected chi connectivity index (χ1v) is 7.07. The number of carboxylic acid groups (broad SMARTS) is 1. The van der Waals surface area contributed by atoms with Crippen molar-refractivity contribution in [3.8, 4) is 0 Å². The largest absolute Gasteiger partial charge is 0.480 e. The van der Waals surface area contributed by atoms with Gasteiger partial charge in [-0.15, -0.1) is 5.10 Å². The number of amides is 1. The van der Waals surface area contributed by atoms with Crippen molar-refractivity contribution in [3.63, 3.8) is 0 Å². The molecule has 0 aromatic carbocycles. The first kappa shape index (κ1) is 13.1. The molecule has 1 aliphatic carbocycles. The topological polar surface area (TPSA) is 88.3 Å². The Balaban J connectivity index is 1.65. The predicted molar refractivity (Wildman–Crippen MR) is 69.0 cm³/mol. The molecule has 0 radical (unpaired) electrons. The molecule has 1 saturated carbocycles. The number of nitrogens with zero attached hydrogens (tertiary/aromatic N) is 4. The Morgan fingerprint density at radius 2 is 2.10 bits per heavy atom. The van der Waals surface area contributed by atoms with Crippen molar-refractivity contribution in [2.45, 2.75) is 50.6 Å². The van der Waals surface area contributed by atoms with Gasteiger partial charge < -0.3 is 10.0 Å². The Kier molecular flexibility index (Phi) is 3.42. The number of carboxylic acids is 1. The van der Waals surface area contributed by atoms with Crippen molar-refractivity contribution in [2.24, 2.45) is 0 Å². The zero-order valence-electron chi connectivity index (χ0n) is 11.2. The van der Waals surface area contributed by atoms with Gasteiger partial charge in [0.25, 0.3) is 0 Å². The van der Waals surface area contributed by atoms with Crippen LogP contribution in [0.1, 0.15) is 43.7 Å². The summed E-state index contributed by atoms with van der Waals surface area (Å²) in [6.45, 7) is 0.587. The number of hydrogen-bond acceptors (Lipinski definition) is 4. The van der Waals surface area contributed by atoms with Crippen LogP contribution >= 0.6 is 0 Å². The number of carbonyl (C=O) groups is 2. The van der Waals surface area contributed by atoms with Crippen molar-refractivity contribution in [2.75, 3.05) is 6.54 Å². The average molecular weight is 278 g/mol. The van der Waals surface area contributed by atoms with Gasteiger partial charge in [0.2, 0.25) is 5.91 Å². The van der Waals surface area contributed by atoms with Crippen molar-refractivity contribution >= 4 is 11.9 Å². The van der Waals surface area contributed by atoms with Gasteiger partial charge in [-0.05, 0) is 32.1 Å². The van der Waals surface area contributed by atoms with Crippen LogP contribution in [0.4, 0.5) is 0 Å². The van der Waals surface area contributed by atoms with Crippen molar-refractivity contribution in [1.29, 1.82) is 0 Å². The molecule has 3 rings (SSSR count). The first-order valence-electron chi connectivity index (χ1n) is 7.07. The summed E-state index contributed by atoms with van der Waals surface area (Å²) in [7, 11) is 0. The van der Waals surface area contributed by atoms with Gasteiger partial charge in [-0.25, -0.2) is 9.48 Å². The fraction of sp³-hybridized carbons (Fsp3) is 0.692. The number of piperidine rings is 1. The maximum atomic E-state index is 12.3. The van der Waals surface area contributed by atoms with E-state index in [4.69, 9.17) is 0 Å². The van der Waals surface area contributed by atoms with E-state index in [0.29, 0.717) is 18.9 Å². The van der Waals surface area contributed by atoms with E-state index in [1.165, 1.54) is 9.58 Å². The van der Waals surface area contributed by atoms with E-state index in [2.05, 4.69) is 10.3 Å². The van der Waals surface area contributed by atoms with E-state index >= 15 is 0 Å². The maximum Gasteiger partial charge on any atom is 0.326 e. The van der Waals surface area contributed by atoms with Gasteiger partial charge in [-0.1, -0.05) is 5.21 Å². The highest BCUT2D eigenvalue weighted by atomic mass is 16.4. The van der Waals surface area contributed by atoms with Crippen LogP contribution in [0, 0.1) is 0 Å². The highest BCUT2D eigenvalue weighted by Crippen LogP contribution is 2.38. The second-order valence-electron chi connectivity index (χ2n) is 5.55. The standard InChI is InChI=1S/C13H18N4O3/c18-12(17-6-2-1-3-11(17)13(19)20)8-16-7-10(14-15-16)9-4-5-9/h7,9,11H,1-6,8H2,(H,19,20)/t11-/m0/s1. The molecular weight excluding hydrogens is 260 g/mol. The average Bonchev–Trinajstić information content (AvgIpc) is 3.19. The van der Waals surface area contributed by atoms with Crippen LogP contribution < -0.4 is 0 Å². The second-order valence-corrected chi connectivity index (χ2v) is 5.55. The molecule has 0 unspecified atom stereocenters. The summed E-state index contributed by atoms with van der Waals surface area (Å²) in [5.41, 5.74) is 0.936. The van der Waals surface area contributed by atoms with Gasteiger partial charge in [-0.2, -0.15) is 0 Å². The lowest BCUT2D eigenvalue weighted by molar-refractivity contribution is -0.152. The summed E-state index contributed by atoms with van der Waals surface area (Å²) < 4.78 is 1.52. The lowest BCUT2D eigenvalue weighted by atomic mass is 10.0. The highest BCUT2D eigenvalue weighted by Gasteiger charge is 2.32.